The Balaban J connectivity index is 1.67. The molecule has 1 atom stereocenters. The van der Waals surface area contributed by atoms with E-state index in [0.29, 0.717) is 16.9 Å². The van der Waals surface area contributed by atoms with E-state index in [0.717, 1.165) is 18.4 Å². The van der Waals surface area contributed by atoms with Gasteiger partial charge in [-0.15, -0.1) is 0 Å². The first kappa shape index (κ1) is 20.6. The molecule has 152 valence electrons. The molecule has 1 saturated carbocycles. The number of aryl methyl sites for hydroxylation is 1. The summed E-state index contributed by atoms with van der Waals surface area (Å²) in [4.78, 5) is 37.4. The van der Waals surface area contributed by atoms with Gasteiger partial charge in [-0.25, -0.2) is 0 Å². The van der Waals surface area contributed by atoms with Gasteiger partial charge in [0.2, 0.25) is 11.8 Å². The number of benzene rings is 2. The Kier molecular flexibility index (Phi) is 6.32. The average molecular weight is 393 g/mol. The molecular formula is C23H27N3O3. The van der Waals surface area contributed by atoms with Crippen molar-refractivity contribution in [3.8, 4) is 0 Å². The summed E-state index contributed by atoms with van der Waals surface area (Å²) in [7, 11) is 0. The SMILES string of the molecule is Cc1ccccc1C(=O)NC(C(=O)Nc1cccc(NC(=O)C2CC2)c1)C(C)C. The molecule has 3 N–H and O–H groups in total. The van der Waals surface area contributed by atoms with Gasteiger partial charge in [0.15, 0.2) is 0 Å². The molecule has 29 heavy (non-hydrogen) atoms. The van der Waals surface area contributed by atoms with Crippen molar-refractivity contribution in [3.63, 3.8) is 0 Å². The van der Waals surface area contributed by atoms with Gasteiger partial charge in [-0.05, 0) is 55.5 Å². The van der Waals surface area contributed by atoms with E-state index in [1.54, 1.807) is 36.4 Å². The van der Waals surface area contributed by atoms with Gasteiger partial charge in [-0.2, -0.15) is 0 Å². The van der Waals surface area contributed by atoms with Crippen LogP contribution in [-0.2, 0) is 9.59 Å². The molecule has 0 bridgehead atoms. The van der Waals surface area contributed by atoms with Crippen molar-refractivity contribution in [2.45, 2.75) is 39.7 Å². The highest BCUT2D eigenvalue weighted by Gasteiger charge is 2.29. The van der Waals surface area contributed by atoms with E-state index in [-0.39, 0.29) is 29.6 Å². The number of amides is 3. The van der Waals surface area contributed by atoms with E-state index in [4.69, 9.17) is 0 Å². The molecule has 2 aromatic rings. The zero-order valence-corrected chi connectivity index (χ0v) is 17.0. The van der Waals surface area contributed by atoms with E-state index >= 15 is 0 Å². The summed E-state index contributed by atoms with van der Waals surface area (Å²) in [6.45, 7) is 5.63. The van der Waals surface area contributed by atoms with E-state index in [1.807, 2.05) is 32.9 Å². The summed E-state index contributed by atoms with van der Waals surface area (Å²) >= 11 is 0. The molecule has 0 saturated heterocycles. The fraction of sp³-hybridized carbons (Fsp3) is 0.348. The Labute approximate surface area is 171 Å². The van der Waals surface area contributed by atoms with Crippen LogP contribution in [0.3, 0.4) is 0 Å². The van der Waals surface area contributed by atoms with Crippen molar-refractivity contribution in [1.29, 1.82) is 0 Å². The summed E-state index contributed by atoms with van der Waals surface area (Å²) in [5, 5.41) is 8.56. The normalized spacial score (nSPS) is 14.2. The van der Waals surface area contributed by atoms with Crippen LogP contribution in [0.1, 0.15) is 42.6 Å². The minimum absolute atomic E-state index is 0.0130. The van der Waals surface area contributed by atoms with E-state index in [9.17, 15) is 14.4 Å². The summed E-state index contributed by atoms with van der Waals surface area (Å²) in [5.74, 6) is -0.551. The third kappa shape index (κ3) is 5.44. The minimum atomic E-state index is -0.688. The van der Waals surface area contributed by atoms with Crippen molar-refractivity contribution in [2.24, 2.45) is 11.8 Å². The quantitative estimate of drug-likeness (QED) is 0.670. The fourth-order valence-electron chi connectivity index (χ4n) is 3.07. The summed E-state index contributed by atoms with van der Waals surface area (Å²) < 4.78 is 0. The summed E-state index contributed by atoms with van der Waals surface area (Å²) in [6.07, 6.45) is 1.86. The molecule has 1 fully saturated rings. The second kappa shape index (κ2) is 8.90. The van der Waals surface area contributed by atoms with Crippen LogP contribution in [-0.4, -0.2) is 23.8 Å². The van der Waals surface area contributed by atoms with Crippen molar-refractivity contribution in [2.75, 3.05) is 10.6 Å². The van der Waals surface area contributed by atoms with Gasteiger partial charge < -0.3 is 16.0 Å². The zero-order valence-electron chi connectivity index (χ0n) is 17.0. The molecule has 6 heteroatoms. The molecule has 0 aliphatic heterocycles. The number of carbonyl (C=O) groups excluding carboxylic acids is 3. The molecule has 0 spiro atoms. The van der Waals surface area contributed by atoms with Crippen LogP contribution in [0.5, 0.6) is 0 Å². The van der Waals surface area contributed by atoms with Crippen LogP contribution >= 0.6 is 0 Å². The molecule has 6 nitrogen and oxygen atoms in total. The molecular weight excluding hydrogens is 366 g/mol. The summed E-state index contributed by atoms with van der Waals surface area (Å²) in [6, 6.07) is 13.6. The highest BCUT2D eigenvalue weighted by Crippen LogP contribution is 2.30. The van der Waals surface area contributed by atoms with Crippen molar-refractivity contribution >= 4 is 29.1 Å². The highest BCUT2D eigenvalue weighted by molar-refractivity contribution is 6.02. The monoisotopic (exact) mass is 393 g/mol. The first-order chi connectivity index (χ1) is 13.8. The number of carbonyl (C=O) groups is 3. The van der Waals surface area contributed by atoms with Crippen molar-refractivity contribution < 1.29 is 14.4 Å². The molecule has 3 rings (SSSR count). The Morgan fingerprint density at radius 3 is 2.21 bits per heavy atom. The largest absolute Gasteiger partial charge is 0.340 e. The Bertz CT molecular complexity index is 919. The fourth-order valence-corrected chi connectivity index (χ4v) is 3.07. The lowest BCUT2D eigenvalue weighted by atomic mass is 10.0. The number of anilines is 2. The molecule has 0 aromatic heterocycles. The van der Waals surface area contributed by atoms with Gasteiger partial charge in [-0.3, -0.25) is 14.4 Å². The van der Waals surface area contributed by atoms with Crippen LogP contribution in [0.25, 0.3) is 0 Å². The highest BCUT2D eigenvalue weighted by atomic mass is 16.2. The smallest absolute Gasteiger partial charge is 0.252 e. The topological polar surface area (TPSA) is 87.3 Å². The van der Waals surface area contributed by atoms with Gasteiger partial charge in [0.25, 0.3) is 5.91 Å². The maximum Gasteiger partial charge on any atom is 0.252 e. The van der Waals surface area contributed by atoms with E-state index in [1.165, 1.54) is 0 Å². The average Bonchev–Trinajstić information content (AvgIpc) is 3.51. The lowest BCUT2D eigenvalue weighted by Gasteiger charge is -2.22. The maximum absolute atomic E-state index is 12.8. The molecule has 1 aliphatic rings. The molecule has 0 radical (unpaired) electrons. The standard InChI is InChI=1S/C23H27N3O3/c1-14(2)20(26-22(28)19-10-5-4-7-15(19)3)23(29)25-18-9-6-8-17(13-18)24-21(27)16-11-12-16/h4-10,13-14,16,20H,11-12H2,1-3H3,(H,24,27)(H,25,29)(H,26,28). The predicted octanol–water partition coefficient (Wildman–Crippen LogP) is 3.74. The van der Waals surface area contributed by atoms with E-state index in [2.05, 4.69) is 16.0 Å². The van der Waals surface area contributed by atoms with Gasteiger partial charge >= 0.3 is 0 Å². The number of hydrogen-bond acceptors (Lipinski definition) is 3. The second-order valence-corrected chi connectivity index (χ2v) is 7.84. The van der Waals surface area contributed by atoms with Gasteiger partial charge in [-0.1, -0.05) is 38.1 Å². The minimum Gasteiger partial charge on any atom is -0.340 e. The van der Waals surface area contributed by atoms with Crippen molar-refractivity contribution in [3.05, 3.63) is 59.7 Å². The maximum atomic E-state index is 12.8. The van der Waals surface area contributed by atoms with Crippen LogP contribution in [0.15, 0.2) is 48.5 Å². The first-order valence-corrected chi connectivity index (χ1v) is 9.93. The zero-order chi connectivity index (χ0) is 21.0. The summed E-state index contributed by atoms with van der Waals surface area (Å²) in [5.41, 5.74) is 2.62. The van der Waals surface area contributed by atoms with Crippen LogP contribution in [0, 0.1) is 18.8 Å². The lowest BCUT2D eigenvalue weighted by Crippen LogP contribution is -2.47. The van der Waals surface area contributed by atoms with E-state index < -0.39 is 6.04 Å². The molecule has 2 aromatic carbocycles. The van der Waals surface area contributed by atoms with Gasteiger partial charge in [0.1, 0.15) is 6.04 Å². The predicted molar refractivity (Wildman–Crippen MR) is 114 cm³/mol. The Morgan fingerprint density at radius 1 is 0.931 bits per heavy atom. The van der Waals surface area contributed by atoms with Crippen LogP contribution in [0.2, 0.25) is 0 Å². The van der Waals surface area contributed by atoms with Crippen LogP contribution in [0.4, 0.5) is 11.4 Å². The number of hydrogen-bond donors (Lipinski definition) is 3. The lowest BCUT2D eigenvalue weighted by molar-refractivity contribution is -0.119. The Morgan fingerprint density at radius 2 is 1.59 bits per heavy atom. The Hall–Kier alpha value is -3.15. The number of nitrogens with one attached hydrogen (secondary N) is 3. The molecule has 3 amide bonds. The molecule has 0 heterocycles. The number of rotatable bonds is 7. The van der Waals surface area contributed by atoms with Crippen molar-refractivity contribution in [1.82, 2.24) is 5.32 Å². The van der Waals surface area contributed by atoms with Gasteiger partial charge in [0.05, 0.1) is 0 Å². The van der Waals surface area contributed by atoms with Gasteiger partial charge in [0, 0.05) is 22.9 Å². The third-order valence-corrected chi connectivity index (χ3v) is 4.97. The third-order valence-electron chi connectivity index (χ3n) is 4.97. The second-order valence-electron chi connectivity index (χ2n) is 7.84. The first-order valence-electron chi connectivity index (χ1n) is 9.93. The molecule has 1 unspecified atom stereocenters. The molecule has 1 aliphatic carbocycles. The van der Waals surface area contributed by atoms with Crippen LogP contribution < -0.4 is 16.0 Å².